The molecule has 0 radical (unpaired) electrons. The highest BCUT2D eigenvalue weighted by Crippen LogP contribution is 2.23. The van der Waals surface area contributed by atoms with E-state index >= 15 is 0 Å². The zero-order chi connectivity index (χ0) is 13.0. The predicted molar refractivity (Wildman–Crippen MR) is 75.6 cm³/mol. The number of rotatable bonds is 4. The number of nitrogens with two attached hydrogens (primary N) is 1. The molecule has 100 valence electrons. The Morgan fingerprint density at radius 1 is 1.56 bits per heavy atom. The average molecular weight is 266 g/mol. The number of carbonyl (C=O) groups is 1. The van der Waals surface area contributed by atoms with Gasteiger partial charge in [-0.15, -0.1) is 11.3 Å². The zero-order valence-electron chi connectivity index (χ0n) is 10.9. The Balaban J connectivity index is 1.82. The van der Waals surface area contributed by atoms with Gasteiger partial charge in [-0.3, -0.25) is 4.79 Å². The van der Waals surface area contributed by atoms with Crippen LogP contribution in [0.1, 0.15) is 37.5 Å². The molecule has 1 aromatic rings. The third kappa shape index (κ3) is 3.56. The number of amides is 1. The maximum atomic E-state index is 12.2. The maximum absolute atomic E-state index is 12.2. The molecule has 3 N–H and O–H groups in total. The first-order valence-electron chi connectivity index (χ1n) is 6.75. The summed E-state index contributed by atoms with van der Waals surface area (Å²) in [5, 5.41) is 5.18. The van der Waals surface area contributed by atoms with Gasteiger partial charge in [0.15, 0.2) is 0 Å². The summed E-state index contributed by atoms with van der Waals surface area (Å²) in [5.41, 5.74) is 6.03. The molecule has 1 aliphatic carbocycles. The summed E-state index contributed by atoms with van der Waals surface area (Å²) in [6.07, 6.45) is 5.13. The van der Waals surface area contributed by atoms with Crippen LogP contribution in [0.2, 0.25) is 0 Å². The molecule has 3 atom stereocenters. The maximum Gasteiger partial charge on any atom is 0.224 e. The van der Waals surface area contributed by atoms with E-state index in [1.54, 1.807) is 11.3 Å². The highest BCUT2D eigenvalue weighted by Gasteiger charge is 2.28. The van der Waals surface area contributed by atoms with Crippen molar-refractivity contribution in [1.29, 1.82) is 0 Å². The Morgan fingerprint density at radius 3 is 3.00 bits per heavy atom. The van der Waals surface area contributed by atoms with Crippen molar-refractivity contribution >= 4 is 17.2 Å². The Kier molecular flexibility index (Phi) is 4.78. The van der Waals surface area contributed by atoms with Gasteiger partial charge in [-0.05, 0) is 31.2 Å². The standard InChI is InChI=1S/C14H22N2OS/c1-10(9-11-5-4-8-18-11)16-14(17)12-6-2-3-7-13(12)15/h4-5,8,10,12-13H,2-3,6-7,9,15H2,1H3,(H,16,17). The Bertz CT molecular complexity index is 377. The van der Waals surface area contributed by atoms with Crippen LogP contribution in [0.15, 0.2) is 17.5 Å². The van der Waals surface area contributed by atoms with Crippen LogP contribution < -0.4 is 11.1 Å². The van der Waals surface area contributed by atoms with E-state index in [-0.39, 0.29) is 23.9 Å². The normalized spacial score (nSPS) is 25.7. The van der Waals surface area contributed by atoms with Gasteiger partial charge in [0.2, 0.25) is 5.91 Å². The number of hydrogen-bond acceptors (Lipinski definition) is 3. The fourth-order valence-corrected chi connectivity index (χ4v) is 3.45. The van der Waals surface area contributed by atoms with Crippen LogP contribution in [0.5, 0.6) is 0 Å². The first-order chi connectivity index (χ1) is 8.66. The first-order valence-corrected chi connectivity index (χ1v) is 7.63. The van der Waals surface area contributed by atoms with E-state index in [2.05, 4.69) is 23.7 Å². The largest absolute Gasteiger partial charge is 0.353 e. The summed E-state index contributed by atoms with van der Waals surface area (Å²) < 4.78 is 0. The van der Waals surface area contributed by atoms with Crippen molar-refractivity contribution in [2.24, 2.45) is 11.7 Å². The summed E-state index contributed by atoms with van der Waals surface area (Å²) in [7, 11) is 0. The third-order valence-electron chi connectivity index (χ3n) is 3.63. The summed E-state index contributed by atoms with van der Waals surface area (Å²) in [5.74, 6) is 0.163. The molecule has 3 unspecified atom stereocenters. The van der Waals surface area contributed by atoms with E-state index in [4.69, 9.17) is 5.73 Å². The fourth-order valence-electron chi connectivity index (χ4n) is 2.62. The molecule has 3 nitrogen and oxygen atoms in total. The van der Waals surface area contributed by atoms with Crippen LogP contribution in [0.25, 0.3) is 0 Å². The van der Waals surface area contributed by atoms with Crippen LogP contribution >= 0.6 is 11.3 Å². The predicted octanol–water partition coefficient (Wildman–Crippen LogP) is 2.31. The summed E-state index contributed by atoms with van der Waals surface area (Å²) in [4.78, 5) is 13.5. The third-order valence-corrected chi connectivity index (χ3v) is 4.53. The Hall–Kier alpha value is -0.870. The summed E-state index contributed by atoms with van der Waals surface area (Å²) in [6.45, 7) is 2.06. The second-order valence-electron chi connectivity index (χ2n) is 5.25. The van der Waals surface area contributed by atoms with E-state index in [9.17, 15) is 4.79 Å². The molecule has 1 fully saturated rings. The van der Waals surface area contributed by atoms with Crippen molar-refractivity contribution in [2.75, 3.05) is 0 Å². The monoisotopic (exact) mass is 266 g/mol. The van der Waals surface area contributed by atoms with Gasteiger partial charge in [-0.25, -0.2) is 0 Å². The topological polar surface area (TPSA) is 55.1 Å². The van der Waals surface area contributed by atoms with Gasteiger partial charge in [0.25, 0.3) is 0 Å². The highest BCUT2D eigenvalue weighted by molar-refractivity contribution is 7.09. The number of hydrogen-bond donors (Lipinski definition) is 2. The molecule has 0 aliphatic heterocycles. The van der Waals surface area contributed by atoms with Gasteiger partial charge in [-0.2, -0.15) is 0 Å². The minimum atomic E-state index is 0.0181. The molecule has 0 saturated heterocycles. The lowest BCUT2D eigenvalue weighted by Gasteiger charge is -2.28. The van der Waals surface area contributed by atoms with Crippen molar-refractivity contribution in [3.8, 4) is 0 Å². The Morgan fingerprint density at radius 2 is 2.33 bits per heavy atom. The lowest BCUT2D eigenvalue weighted by Crippen LogP contribution is -2.46. The average Bonchev–Trinajstić information content (AvgIpc) is 2.82. The second-order valence-corrected chi connectivity index (χ2v) is 6.28. The Labute approximate surface area is 113 Å². The molecule has 0 bridgehead atoms. The second kappa shape index (κ2) is 6.34. The van der Waals surface area contributed by atoms with Gasteiger partial charge in [0, 0.05) is 23.4 Å². The molecule has 1 amide bonds. The highest BCUT2D eigenvalue weighted by atomic mass is 32.1. The van der Waals surface area contributed by atoms with Crippen molar-refractivity contribution in [3.63, 3.8) is 0 Å². The molecule has 18 heavy (non-hydrogen) atoms. The molecule has 1 aromatic heterocycles. The van der Waals surface area contributed by atoms with Crippen LogP contribution in [0, 0.1) is 5.92 Å². The van der Waals surface area contributed by atoms with Gasteiger partial charge >= 0.3 is 0 Å². The number of carbonyl (C=O) groups excluding carboxylic acids is 1. The smallest absolute Gasteiger partial charge is 0.224 e. The van der Waals surface area contributed by atoms with E-state index in [0.29, 0.717) is 0 Å². The van der Waals surface area contributed by atoms with Gasteiger partial charge in [0.1, 0.15) is 0 Å². The first kappa shape index (κ1) is 13.6. The van der Waals surface area contributed by atoms with E-state index in [1.165, 1.54) is 4.88 Å². The number of thiophene rings is 1. The zero-order valence-corrected chi connectivity index (χ0v) is 11.7. The summed E-state index contributed by atoms with van der Waals surface area (Å²) in [6, 6.07) is 4.39. The van der Waals surface area contributed by atoms with Crippen molar-refractivity contribution < 1.29 is 4.79 Å². The van der Waals surface area contributed by atoms with Crippen LogP contribution in [0.4, 0.5) is 0 Å². The van der Waals surface area contributed by atoms with E-state index in [1.807, 2.05) is 6.07 Å². The molecular weight excluding hydrogens is 244 g/mol. The van der Waals surface area contributed by atoms with Gasteiger partial charge in [-0.1, -0.05) is 18.9 Å². The fraction of sp³-hybridized carbons (Fsp3) is 0.643. The van der Waals surface area contributed by atoms with Crippen molar-refractivity contribution in [3.05, 3.63) is 22.4 Å². The SMILES string of the molecule is CC(Cc1cccs1)NC(=O)C1CCCCC1N. The van der Waals surface area contributed by atoms with Crippen LogP contribution in [-0.2, 0) is 11.2 Å². The van der Waals surface area contributed by atoms with Gasteiger partial charge < -0.3 is 11.1 Å². The minimum absolute atomic E-state index is 0.0181. The molecule has 1 aliphatic rings. The van der Waals surface area contributed by atoms with E-state index in [0.717, 1.165) is 32.1 Å². The van der Waals surface area contributed by atoms with Crippen molar-refractivity contribution in [2.45, 2.75) is 51.1 Å². The molecule has 0 aromatic carbocycles. The lowest BCUT2D eigenvalue weighted by molar-refractivity contribution is -0.127. The summed E-state index contributed by atoms with van der Waals surface area (Å²) >= 11 is 1.74. The molecule has 2 rings (SSSR count). The quantitative estimate of drug-likeness (QED) is 0.878. The number of nitrogens with one attached hydrogen (secondary N) is 1. The molecule has 4 heteroatoms. The molecule has 1 heterocycles. The molecule has 0 spiro atoms. The minimum Gasteiger partial charge on any atom is -0.353 e. The van der Waals surface area contributed by atoms with Crippen LogP contribution in [-0.4, -0.2) is 18.0 Å². The van der Waals surface area contributed by atoms with E-state index < -0.39 is 0 Å². The molecular formula is C14H22N2OS. The molecule has 1 saturated carbocycles. The van der Waals surface area contributed by atoms with Gasteiger partial charge in [0.05, 0.1) is 5.92 Å². The lowest BCUT2D eigenvalue weighted by atomic mass is 9.84. The van der Waals surface area contributed by atoms with Crippen molar-refractivity contribution in [1.82, 2.24) is 5.32 Å². The van der Waals surface area contributed by atoms with Crippen LogP contribution in [0.3, 0.4) is 0 Å².